The standard InChI is InChI=1S/C20H16N4O/c21-18-11-16(15-8-1-2-9-17(15)24-18)20(25)23-12-14-6-3-5-13-7-4-10-22-19(13)14/h1-11H,12H2,(H2,21,24)(H,23,25). The first-order valence-electron chi connectivity index (χ1n) is 7.98. The minimum Gasteiger partial charge on any atom is -0.384 e. The number of anilines is 1. The molecule has 122 valence electrons. The number of amides is 1. The van der Waals surface area contributed by atoms with E-state index in [4.69, 9.17) is 5.73 Å². The van der Waals surface area contributed by atoms with Gasteiger partial charge in [-0.1, -0.05) is 42.5 Å². The number of fused-ring (bicyclic) bond motifs is 2. The minimum atomic E-state index is -0.182. The quantitative estimate of drug-likeness (QED) is 0.605. The molecule has 5 heteroatoms. The van der Waals surface area contributed by atoms with Gasteiger partial charge in [-0.05, 0) is 23.8 Å². The number of nitrogens with two attached hydrogens (primary N) is 1. The maximum Gasteiger partial charge on any atom is 0.252 e. The number of hydrogen-bond acceptors (Lipinski definition) is 4. The SMILES string of the molecule is Nc1cc(C(=O)NCc2cccc3cccnc23)c2ccccc2n1. The van der Waals surface area contributed by atoms with Crippen molar-refractivity contribution in [2.75, 3.05) is 5.73 Å². The molecule has 3 N–H and O–H groups in total. The fraction of sp³-hybridized carbons (Fsp3) is 0.0500. The van der Waals surface area contributed by atoms with E-state index in [1.165, 1.54) is 0 Å². The zero-order chi connectivity index (χ0) is 17.2. The van der Waals surface area contributed by atoms with Gasteiger partial charge in [0.25, 0.3) is 5.91 Å². The van der Waals surface area contributed by atoms with Crippen LogP contribution in [-0.2, 0) is 6.54 Å². The van der Waals surface area contributed by atoms with E-state index in [1.807, 2.05) is 54.6 Å². The van der Waals surface area contributed by atoms with Gasteiger partial charge in [0, 0.05) is 23.5 Å². The topological polar surface area (TPSA) is 80.9 Å². The summed E-state index contributed by atoms with van der Waals surface area (Å²) < 4.78 is 0. The highest BCUT2D eigenvalue weighted by molar-refractivity contribution is 6.06. The Bertz CT molecular complexity index is 1090. The Hall–Kier alpha value is -3.47. The summed E-state index contributed by atoms with van der Waals surface area (Å²) in [5, 5.41) is 4.80. The van der Waals surface area contributed by atoms with E-state index in [9.17, 15) is 4.79 Å². The lowest BCUT2D eigenvalue weighted by Crippen LogP contribution is -2.23. The maximum atomic E-state index is 12.7. The van der Waals surface area contributed by atoms with Crippen LogP contribution in [0.4, 0.5) is 5.82 Å². The number of nitrogen functional groups attached to an aromatic ring is 1. The summed E-state index contributed by atoms with van der Waals surface area (Å²) in [6, 6.07) is 18.9. The molecular formula is C20H16N4O. The predicted molar refractivity (Wildman–Crippen MR) is 99.1 cm³/mol. The van der Waals surface area contributed by atoms with Crippen LogP contribution in [0.15, 0.2) is 66.9 Å². The van der Waals surface area contributed by atoms with Gasteiger partial charge in [-0.2, -0.15) is 0 Å². The highest BCUT2D eigenvalue weighted by Gasteiger charge is 2.12. The number of rotatable bonds is 3. The lowest BCUT2D eigenvalue weighted by Gasteiger charge is -2.10. The molecule has 0 fully saturated rings. The molecule has 1 amide bonds. The molecule has 0 unspecified atom stereocenters. The van der Waals surface area contributed by atoms with Crippen LogP contribution in [0.2, 0.25) is 0 Å². The second-order valence-corrected chi connectivity index (χ2v) is 5.79. The Morgan fingerprint density at radius 3 is 2.80 bits per heavy atom. The molecule has 4 rings (SSSR count). The van der Waals surface area contributed by atoms with Crippen molar-refractivity contribution in [1.82, 2.24) is 15.3 Å². The van der Waals surface area contributed by atoms with Gasteiger partial charge >= 0.3 is 0 Å². The summed E-state index contributed by atoms with van der Waals surface area (Å²) in [5.74, 6) is 0.147. The molecule has 5 nitrogen and oxygen atoms in total. The average Bonchev–Trinajstić information content (AvgIpc) is 2.65. The van der Waals surface area contributed by atoms with Gasteiger partial charge in [0.05, 0.1) is 16.6 Å². The van der Waals surface area contributed by atoms with E-state index in [0.29, 0.717) is 23.4 Å². The van der Waals surface area contributed by atoms with Gasteiger partial charge in [0.1, 0.15) is 5.82 Å². The molecule has 0 radical (unpaired) electrons. The molecule has 0 aliphatic carbocycles. The van der Waals surface area contributed by atoms with Crippen molar-refractivity contribution in [1.29, 1.82) is 0 Å². The molecule has 25 heavy (non-hydrogen) atoms. The zero-order valence-electron chi connectivity index (χ0n) is 13.4. The lowest BCUT2D eigenvalue weighted by atomic mass is 10.1. The van der Waals surface area contributed by atoms with Crippen molar-refractivity contribution < 1.29 is 4.79 Å². The summed E-state index contributed by atoms with van der Waals surface area (Å²) in [6.45, 7) is 0.393. The number of benzene rings is 2. The van der Waals surface area contributed by atoms with Gasteiger partial charge in [-0.25, -0.2) is 4.98 Å². The predicted octanol–water partition coefficient (Wildman–Crippen LogP) is 3.30. The highest BCUT2D eigenvalue weighted by atomic mass is 16.1. The van der Waals surface area contributed by atoms with Gasteiger partial charge < -0.3 is 11.1 Å². The van der Waals surface area contributed by atoms with Crippen LogP contribution < -0.4 is 11.1 Å². The molecule has 0 aliphatic rings. The first-order chi connectivity index (χ1) is 12.2. The molecule has 2 heterocycles. The number of carbonyl (C=O) groups excluding carboxylic acids is 1. The molecule has 4 aromatic rings. The first-order valence-corrected chi connectivity index (χ1v) is 7.98. The third kappa shape index (κ3) is 2.87. The normalized spacial score (nSPS) is 10.9. The van der Waals surface area contributed by atoms with Crippen molar-refractivity contribution in [3.05, 3.63) is 78.0 Å². The van der Waals surface area contributed by atoms with Crippen molar-refractivity contribution >= 4 is 33.5 Å². The van der Waals surface area contributed by atoms with Gasteiger partial charge in [0.2, 0.25) is 0 Å². The van der Waals surface area contributed by atoms with E-state index < -0.39 is 0 Å². The summed E-state index contributed by atoms with van der Waals surface area (Å²) >= 11 is 0. The van der Waals surface area contributed by atoms with Gasteiger partial charge in [-0.15, -0.1) is 0 Å². The second-order valence-electron chi connectivity index (χ2n) is 5.79. The molecule has 0 saturated carbocycles. The zero-order valence-corrected chi connectivity index (χ0v) is 13.4. The van der Waals surface area contributed by atoms with Crippen LogP contribution in [0.25, 0.3) is 21.8 Å². The number of pyridine rings is 2. The highest BCUT2D eigenvalue weighted by Crippen LogP contribution is 2.20. The fourth-order valence-electron chi connectivity index (χ4n) is 2.96. The largest absolute Gasteiger partial charge is 0.384 e. The Morgan fingerprint density at radius 2 is 1.88 bits per heavy atom. The molecule has 2 aromatic carbocycles. The first kappa shape index (κ1) is 15.1. The summed E-state index contributed by atoms with van der Waals surface area (Å²) in [7, 11) is 0. The maximum absolute atomic E-state index is 12.7. The molecular weight excluding hydrogens is 312 g/mol. The van der Waals surface area contributed by atoms with Crippen LogP contribution in [-0.4, -0.2) is 15.9 Å². The Labute approximate surface area is 144 Å². The van der Waals surface area contributed by atoms with E-state index in [0.717, 1.165) is 21.9 Å². The number of nitrogens with one attached hydrogen (secondary N) is 1. The Kier molecular flexibility index (Phi) is 3.74. The smallest absolute Gasteiger partial charge is 0.252 e. The minimum absolute atomic E-state index is 0.182. The van der Waals surface area contributed by atoms with Crippen molar-refractivity contribution in [3.8, 4) is 0 Å². The fourth-order valence-corrected chi connectivity index (χ4v) is 2.96. The van der Waals surface area contributed by atoms with E-state index in [1.54, 1.807) is 12.3 Å². The third-order valence-corrected chi connectivity index (χ3v) is 4.14. The molecule has 2 aromatic heterocycles. The molecule has 0 bridgehead atoms. The number of hydrogen-bond donors (Lipinski definition) is 2. The molecule has 0 spiro atoms. The van der Waals surface area contributed by atoms with Crippen LogP contribution in [0.5, 0.6) is 0 Å². The molecule has 0 atom stereocenters. The van der Waals surface area contributed by atoms with Crippen LogP contribution in [0.1, 0.15) is 15.9 Å². The second kappa shape index (κ2) is 6.20. The van der Waals surface area contributed by atoms with E-state index in [-0.39, 0.29) is 5.91 Å². The van der Waals surface area contributed by atoms with Crippen LogP contribution in [0, 0.1) is 0 Å². The number of carbonyl (C=O) groups is 1. The Morgan fingerprint density at radius 1 is 1.04 bits per heavy atom. The number of aromatic nitrogens is 2. The van der Waals surface area contributed by atoms with Gasteiger partial charge in [-0.3, -0.25) is 9.78 Å². The van der Waals surface area contributed by atoms with Crippen LogP contribution >= 0.6 is 0 Å². The van der Waals surface area contributed by atoms with Crippen molar-refractivity contribution in [3.63, 3.8) is 0 Å². The average molecular weight is 328 g/mol. The van der Waals surface area contributed by atoms with Crippen LogP contribution in [0.3, 0.4) is 0 Å². The van der Waals surface area contributed by atoms with Gasteiger partial charge in [0.15, 0.2) is 0 Å². The number of nitrogens with zero attached hydrogens (tertiary/aromatic N) is 2. The lowest BCUT2D eigenvalue weighted by molar-refractivity contribution is 0.0952. The van der Waals surface area contributed by atoms with Crippen molar-refractivity contribution in [2.24, 2.45) is 0 Å². The summed E-state index contributed by atoms with van der Waals surface area (Å²) in [6.07, 6.45) is 1.75. The summed E-state index contributed by atoms with van der Waals surface area (Å²) in [5.41, 5.74) is 8.94. The molecule has 0 aliphatic heterocycles. The number of para-hydroxylation sites is 2. The Balaban J connectivity index is 1.65. The monoisotopic (exact) mass is 328 g/mol. The van der Waals surface area contributed by atoms with Crippen molar-refractivity contribution in [2.45, 2.75) is 6.54 Å². The summed E-state index contributed by atoms with van der Waals surface area (Å²) in [4.78, 5) is 21.4. The van der Waals surface area contributed by atoms with E-state index >= 15 is 0 Å². The third-order valence-electron chi connectivity index (χ3n) is 4.14. The molecule has 0 saturated heterocycles. The van der Waals surface area contributed by atoms with E-state index in [2.05, 4.69) is 15.3 Å².